The molecular formula is C18H20N2O2. The molecule has 4 nitrogen and oxygen atoms in total. The molecular weight excluding hydrogens is 276 g/mol. The fraction of sp³-hybridized carbons (Fsp3) is 0.222. The van der Waals surface area contributed by atoms with E-state index in [0.29, 0.717) is 11.3 Å². The Morgan fingerprint density at radius 2 is 1.82 bits per heavy atom. The molecule has 22 heavy (non-hydrogen) atoms. The number of hydrogen-bond donors (Lipinski definition) is 1. The van der Waals surface area contributed by atoms with Crippen molar-refractivity contribution in [2.75, 3.05) is 7.11 Å². The number of carbonyl (C=O) groups excluding carboxylic acids is 1. The monoisotopic (exact) mass is 296 g/mol. The van der Waals surface area contributed by atoms with Crippen molar-refractivity contribution in [2.45, 2.75) is 20.8 Å². The minimum atomic E-state index is -0.266. The molecule has 0 saturated heterocycles. The van der Waals surface area contributed by atoms with Crippen LogP contribution in [-0.2, 0) is 0 Å². The highest BCUT2D eigenvalue weighted by molar-refractivity contribution is 5.95. The van der Waals surface area contributed by atoms with E-state index in [-0.39, 0.29) is 5.91 Å². The molecule has 0 aliphatic rings. The smallest absolute Gasteiger partial charge is 0.271 e. The second-order valence-electron chi connectivity index (χ2n) is 5.24. The van der Waals surface area contributed by atoms with Gasteiger partial charge in [0.1, 0.15) is 5.75 Å². The van der Waals surface area contributed by atoms with E-state index in [1.807, 2.05) is 13.8 Å². The quantitative estimate of drug-likeness (QED) is 0.694. The van der Waals surface area contributed by atoms with Crippen molar-refractivity contribution in [2.24, 2.45) is 5.10 Å². The van der Waals surface area contributed by atoms with Crippen LogP contribution in [0.1, 0.15) is 32.6 Å². The maximum atomic E-state index is 12.0. The van der Waals surface area contributed by atoms with E-state index >= 15 is 0 Å². The maximum absolute atomic E-state index is 12.0. The van der Waals surface area contributed by atoms with Crippen molar-refractivity contribution in [3.8, 4) is 5.75 Å². The third kappa shape index (κ3) is 3.73. The molecule has 0 unspecified atom stereocenters. The normalized spacial score (nSPS) is 10.7. The van der Waals surface area contributed by atoms with Crippen molar-refractivity contribution in [3.63, 3.8) is 0 Å². The average molecular weight is 296 g/mol. The van der Waals surface area contributed by atoms with Crippen molar-refractivity contribution in [3.05, 3.63) is 64.2 Å². The predicted molar refractivity (Wildman–Crippen MR) is 88.7 cm³/mol. The van der Waals surface area contributed by atoms with Gasteiger partial charge in [-0.05, 0) is 50.1 Å². The van der Waals surface area contributed by atoms with E-state index in [9.17, 15) is 4.79 Å². The Balaban J connectivity index is 2.11. The molecule has 4 heteroatoms. The molecule has 114 valence electrons. The zero-order valence-electron chi connectivity index (χ0n) is 13.3. The molecule has 0 fully saturated rings. The third-order valence-corrected chi connectivity index (χ3v) is 3.43. The van der Waals surface area contributed by atoms with E-state index in [2.05, 4.69) is 29.6 Å². The number of nitrogens with zero attached hydrogens (tertiary/aromatic N) is 1. The lowest BCUT2D eigenvalue weighted by Crippen LogP contribution is -2.17. The van der Waals surface area contributed by atoms with Crippen LogP contribution in [0.5, 0.6) is 5.75 Å². The number of hydrazone groups is 1. The van der Waals surface area contributed by atoms with Gasteiger partial charge in [-0.2, -0.15) is 5.10 Å². The van der Waals surface area contributed by atoms with Gasteiger partial charge in [0.05, 0.1) is 13.3 Å². The Kier molecular flexibility index (Phi) is 4.94. The van der Waals surface area contributed by atoms with Gasteiger partial charge in [0.25, 0.3) is 5.91 Å². The first-order chi connectivity index (χ1) is 10.5. The number of benzene rings is 2. The van der Waals surface area contributed by atoms with Crippen LogP contribution in [0.3, 0.4) is 0 Å². The third-order valence-electron chi connectivity index (χ3n) is 3.43. The highest BCUT2D eigenvalue weighted by atomic mass is 16.5. The number of ether oxygens (including phenoxy) is 1. The number of amides is 1. The Morgan fingerprint density at radius 1 is 1.14 bits per heavy atom. The molecule has 0 aliphatic carbocycles. The number of hydrogen-bond acceptors (Lipinski definition) is 3. The standard InChI is InChI=1S/C18H20N2O2/c1-12-8-13(2)17(14(3)9-12)11-19-20-18(21)15-6-5-7-16(10-15)22-4/h5-11H,1-4H3,(H,20,21)/b19-11-. The second-order valence-corrected chi connectivity index (χ2v) is 5.24. The summed E-state index contributed by atoms with van der Waals surface area (Å²) in [6.45, 7) is 6.13. The largest absolute Gasteiger partial charge is 0.497 e. The molecule has 0 radical (unpaired) electrons. The first-order valence-corrected chi connectivity index (χ1v) is 7.06. The molecule has 2 rings (SSSR count). The Morgan fingerprint density at radius 3 is 2.45 bits per heavy atom. The van der Waals surface area contributed by atoms with E-state index in [0.717, 1.165) is 16.7 Å². The van der Waals surface area contributed by atoms with Gasteiger partial charge in [-0.1, -0.05) is 23.8 Å². The number of rotatable bonds is 4. The predicted octanol–water partition coefficient (Wildman–Crippen LogP) is 3.38. The van der Waals surface area contributed by atoms with Crippen molar-refractivity contribution in [1.29, 1.82) is 0 Å². The summed E-state index contributed by atoms with van der Waals surface area (Å²) in [7, 11) is 1.57. The Bertz CT molecular complexity index is 698. The van der Waals surface area contributed by atoms with Gasteiger partial charge in [0, 0.05) is 11.1 Å². The molecule has 0 aliphatic heterocycles. The molecule has 0 bridgehead atoms. The highest BCUT2D eigenvalue weighted by Crippen LogP contribution is 2.14. The van der Waals surface area contributed by atoms with Gasteiger partial charge in [0.2, 0.25) is 0 Å². The topological polar surface area (TPSA) is 50.7 Å². The van der Waals surface area contributed by atoms with Crippen LogP contribution in [0.25, 0.3) is 0 Å². The van der Waals surface area contributed by atoms with Gasteiger partial charge in [-0.3, -0.25) is 4.79 Å². The summed E-state index contributed by atoms with van der Waals surface area (Å²) in [6, 6.07) is 11.1. The zero-order valence-corrected chi connectivity index (χ0v) is 13.3. The SMILES string of the molecule is COc1cccc(C(=O)N/N=C\c2c(C)cc(C)cc2C)c1. The molecule has 0 atom stereocenters. The van der Waals surface area contributed by atoms with E-state index in [4.69, 9.17) is 4.74 Å². The van der Waals surface area contributed by atoms with Crippen LogP contribution in [0.15, 0.2) is 41.5 Å². The van der Waals surface area contributed by atoms with Crippen molar-refractivity contribution in [1.82, 2.24) is 5.43 Å². The zero-order chi connectivity index (χ0) is 16.1. The van der Waals surface area contributed by atoms with Crippen LogP contribution >= 0.6 is 0 Å². The summed E-state index contributed by atoms with van der Waals surface area (Å²) < 4.78 is 5.10. The molecule has 2 aromatic carbocycles. The molecule has 1 amide bonds. The van der Waals surface area contributed by atoms with Crippen LogP contribution in [0, 0.1) is 20.8 Å². The first-order valence-electron chi connectivity index (χ1n) is 7.06. The van der Waals surface area contributed by atoms with Gasteiger partial charge in [-0.15, -0.1) is 0 Å². The van der Waals surface area contributed by atoms with Crippen molar-refractivity contribution < 1.29 is 9.53 Å². The summed E-state index contributed by atoms with van der Waals surface area (Å²) in [5, 5.41) is 4.06. The van der Waals surface area contributed by atoms with E-state index < -0.39 is 0 Å². The molecule has 0 spiro atoms. The van der Waals surface area contributed by atoms with Gasteiger partial charge >= 0.3 is 0 Å². The number of carbonyl (C=O) groups is 1. The summed E-state index contributed by atoms with van der Waals surface area (Å²) in [5.41, 5.74) is 7.56. The fourth-order valence-corrected chi connectivity index (χ4v) is 2.38. The fourth-order valence-electron chi connectivity index (χ4n) is 2.38. The second kappa shape index (κ2) is 6.89. The minimum Gasteiger partial charge on any atom is -0.497 e. The van der Waals surface area contributed by atoms with Crippen molar-refractivity contribution >= 4 is 12.1 Å². The average Bonchev–Trinajstić information content (AvgIpc) is 2.49. The summed E-state index contributed by atoms with van der Waals surface area (Å²) in [4.78, 5) is 12.0. The lowest BCUT2D eigenvalue weighted by atomic mass is 10.0. The number of methoxy groups -OCH3 is 1. The summed E-state index contributed by atoms with van der Waals surface area (Å²) >= 11 is 0. The summed E-state index contributed by atoms with van der Waals surface area (Å²) in [5.74, 6) is 0.374. The summed E-state index contributed by atoms with van der Waals surface area (Å²) in [6.07, 6.45) is 1.68. The lowest BCUT2D eigenvalue weighted by molar-refractivity contribution is 0.0955. The number of nitrogens with one attached hydrogen (secondary N) is 1. The molecule has 0 aromatic heterocycles. The Hall–Kier alpha value is -2.62. The highest BCUT2D eigenvalue weighted by Gasteiger charge is 2.05. The van der Waals surface area contributed by atoms with Crippen LogP contribution in [0.4, 0.5) is 0 Å². The molecule has 1 N–H and O–H groups in total. The van der Waals surface area contributed by atoms with Crippen LogP contribution in [0.2, 0.25) is 0 Å². The molecule has 0 heterocycles. The van der Waals surface area contributed by atoms with Gasteiger partial charge in [-0.25, -0.2) is 5.43 Å². The van der Waals surface area contributed by atoms with Crippen LogP contribution < -0.4 is 10.2 Å². The number of aryl methyl sites for hydroxylation is 3. The maximum Gasteiger partial charge on any atom is 0.271 e. The van der Waals surface area contributed by atoms with Gasteiger partial charge in [0.15, 0.2) is 0 Å². The lowest BCUT2D eigenvalue weighted by Gasteiger charge is -2.07. The van der Waals surface area contributed by atoms with E-state index in [1.54, 1.807) is 37.6 Å². The first kappa shape index (κ1) is 15.8. The molecule has 2 aromatic rings. The minimum absolute atomic E-state index is 0.266. The van der Waals surface area contributed by atoms with Crippen LogP contribution in [-0.4, -0.2) is 19.2 Å². The van der Waals surface area contributed by atoms with Gasteiger partial charge < -0.3 is 4.74 Å². The molecule has 0 saturated carbocycles. The van der Waals surface area contributed by atoms with E-state index in [1.165, 1.54) is 5.56 Å². The Labute approximate surface area is 130 Å².